The van der Waals surface area contributed by atoms with E-state index in [4.69, 9.17) is 0 Å². The van der Waals surface area contributed by atoms with Crippen LogP contribution in [0.5, 0.6) is 0 Å². The molecule has 2 aliphatic rings. The topological polar surface area (TPSA) is 64.7 Å². The van der Waals surface area contributed by atoms with E-state index >= 15 is 0 Å². The second kappa shape index (κ2) is 8.92. The van der Waals surface area contributed by atoms with E-state index < -0.39 is 6.04 Å². The Morgan fingerprint density at radius 1 is 1.00 bits per heavy atom. The molecular weight excluding hydrogens is 328 g/mol. The summed E-state index contributed by atoms with van der Waals surface area (Å²) >= 11 is 0. The minimum Gasteiger partial charge on any atom is -0.368 e. The van der Waals surface area contributed by atoms with E-state index in [0.717, 1.165) is 25.9 Å². The van der Waals surface area contributed by atoms with Crippen LogP contribution in [-0.4, -0.2) is 55.1 Å². The molecule has 26 heavy (non-hydrogen) atoms. The minimum atomic E-state index is -0.498. The molecule has 1 aliphatic carbocycles. The van der Waals surface area contributed by atoms with Gasteiger partial charge in [-0.2, -0.15) is 0 Å². The van der Waals surface area contributed by atoms with Crippen LogP contribution in [0.3, 0.4) is 0 Å². The van der Waals surface area contributed by atoms with Gasteiger partial charge in [0.15, 0.2) is 0 Å². The van der Waals surface area contributed by atoms with Gasteiger partial charge in [-0.3, -0.25) is 4.79 Å². The summed E-state index contributed by atoms with van der Waals surface area (Å²) in [6, 6.07) is 9.79. The highest BCUT2D eigenvalue weighted by Gasteiger charge is 2.26. The molecular formula is C20H30N4O2. The van der Waals surface area contributed by atoms with E-state index in [-0.39, 0.29) is 18.0 Å². The molecule has 2 N–H and O–H groups in total. The fraction of sp³-hybridized carbons (Fsp3) is 0.600. The Labute approximate surface area is 155 Å². The molecule has 2 fully saturated rings. The molecule has 0 radical (unpaired) electrons. The summed E-state index contributed by atoms with van der Waals surface area (Å²) in [6.45, 7) is 4.77. The predicted octanol–water partition coefficient (Wildman–Crippen LogP) is 2.36. The molecule has 1 heterocycles. The number of para-hydroxylation sites is 1. The molecule has 0 spiro atoms. The summed E-state index contributed by atoms with van der Waals surface area (Å²) in [6.07, 6.45) is 5.67. The summed E-state index contributed by atoms with van der Waals surface area (Å²) < 4.78 is 0. The first kappa shape index (κ1) is 18.5. The summed E-state index contributed by atoms with van der Waals surface area (Å²) in [5.41, 5.74) is 1.19. The Balaban J connectivity index is 1.43. The molecule has 6 heteroatoms. The number of rotatable bonds is 4. The maximum atomic E-state index is 12.6. The highest BCUT2D eigenvalue weighted by atomic mass is 16.2. The molecule has 0 aromatic heterocycles. The van der Waals surface area contributed by atoms with Gasteiger partial charge >= 0.3 is 6.03 Å². The van der Waals surface area contributed by atoms with Crippen molar-refractivity contribution in [1.82, 2.24) is 15.5 Å². The Morgan fingerprint density at radius 2 is 1.65 bits per heavy atom. The number of nitrogens with zero attached hydrogens (tertiary/aromatic N) is 2. The quantitative estimate of drug-likeness (QED) is 0.868. The Hall–Kier alpha value is -2.24. The first-order valence-corrected chi connectivity index (χ1v) is 9.79. The molecule has 142 valence electrons. The van der Waals surface area contributed by atoms with E-state index in [2.05, 4.69) is 27.7 Å². The molecule has 0 unspecified atom stereocenters. The SMILES string of the molecule is C[C@@H](NC(=O)NC1CCCCC1)C(=O)N1CCN(c2ccccc2)CC1. The fourth-order valence-corrected chi connectivity index (χ4v) is 3.83. The summed E-state index contributed by atoms with van der Waals surface area (Å²) in [7, 11) is 0. The van der Waals surface area contributed by atoms with Gasteiger partial charge in [0, 0.05) is 37.9 Å². The second-order valence-corrected chi connectivity index (χ2v) is 7.32. The molecule has 3 rings (SSSR count). The lowest BCUT2D eigenvalue weighted by Crippen LogP contribution is -2.56. The zero-order chi connectivity index (χ0) is 18.4. The van der Waals surface area contributed by atoms with E-state index in [1.807, 2.05) is 23.1 Å². The van der Waals surface area contributed by atoms with Crippen LogP contribution in [0.4, 0.5) is 10.5 Å². The first-order chi connectivity index (χ1) is 12.6. The number of amides is 3. The highest BCUT2D eigenvalue weighted by molar-refractivity contribution is 5.87. The van der Waals surface area contributed by atoms with Crippen LogP contribution in [0.25, 0.3) is 0 Å². The van der Waals surface area contributed by atoms with Gasteiger partial charge in [-0.05, 0) is 31.9 Å². The fourth-order valence-electron chi connectivity index (χ4n) is 3.83. The Bertz CT molecular complexity index is 593. The number of nitrogens with one attached hydrogen (secondary N) is 2. The first-order valence-electron chi connectivity index (χ1n) is 9.79. The lowest BCUT2D eigenvalue weighted by Gasteiger charge is -2.37. The Kier molecular flexibility index (Phi) is 6.36. The van der Waals surface area contributed by atoms with Crippen molar-refractivity contribution in [3.63, 3.8) is 0 Å². The Morgan fingerprint density at radius 3 is 2.31 bits per heavy atom. The number of carbonyl (C=O) groups excluding carboxylic acids is 2. The number of carbonyl (C=O) groups is 2. The van der Waals surface area contributed by atoms with E-state index in [1.165, 1.54) is 24.9 Å². The normalized spacial score (nSPS) is 19.7. The molecule has 1 aliphatic heterocycles. The third-order valence-electron chi connectivity index (χ3n) is 5.37. The summed E-state index contributed by atoms with van der Waals surface area (Å²) in [5.74, 6) is -0.00324. The minimum absolute atomic E-state index is 0.00324. The zero-order valence-electron chi connectivity index (χ0n) is 15.6. The average molecular weight is 358 g/mol. The van der Waals surface area contributed by atoms with Crippen LogP contribution in [0.2, 0.25) is 0 Å². The summed E-state index contributed by atoms with van der Waals surface area (Å²) in [5, 5.41) is 5.82. The van der Waals surface area contributed by atoms with Crippen molar-refractivity contribution in [2.24, 2.45) is 0 Å². The van der Waals surface area contributed by atoms with E-state index in [1.54, 1.807) is 6.92 Å². The van der Waals surface area contributed by atoms with Crippen molar-refractivity contribution >= 4 is 17.6 Å². The van der Waals surface area contributed by atoms with Crippen LogP contribution < -0.4 is 15.5 Å². The smallest absolute Gasteiger partial charge is 0.315 e. The second-order valence-electron chi connectivity index (χ2n) is 7.32. The average Bonchev–Trinajstić information content (AvgIpc) is 2.69. The van der Waals surface area contributed by atoms with E-state index in [0.29, 0.717) is 13.1 Å². The lowest BCUT2D eigenvalue weighted by molar-refractivity contribution is -0.133. The zero-order valence-corrected chi connectivity index (χ0v) is 15.6. The van der Waals surface area contributed by atoms with Gasteiger partial charge in [0.25, 0.3) is 0 Å². The third-order valence-corrected chi connectivity index (χ3v) is 5.37. The van der Waals surface area contributed by atoms with Crippen molar-refractivity contribution in [2.75, 3.05) is 31.1 Å². The number of hydrogen-bond donors (Lipinski definition) is 2. The van der Waals surface area contributed by atoms with Crippen molar-refractivity contribution in [1.29, 1.82) is 0 Å². The summed E-state index contributed by atoms with van der Waals surface area (Å²) in [4.78, 5) is 28.9. The van der Waals surface area contributed by atoms with Gasteiger partial charge in [-0.1, -0.05) is 37.5 Å². The molecule has 1 saturated heterocycles. The maximum Gasteiger partial charge on any atom is 0.315 e. The predicted molar refractivity (Wildman–Crippen MR) is 103 cm³/mol. The van der Waals surface area contributed by atoms with Crippen LogP contribution in [0, 0.1) is 0 Å². The largest absolute Gasteiger partial charge is 0.368 e. The van der Waals surface area contributed by atoms with Crippen molar-refractivity contribution < 1.29 is 9.59 Å². The standard InChI is InChI=1S/C20H30N4O2/c1-16(21-20(26)22-17-8-4-2-5-9-17)19(25)24-14-12-23(13-15-24)18-10-6-3-7-11-18/h3,6-7,10-11,16-17H,2,4-5,8-9,12-15H2,1H3,(H2,21,22,26)/t16-/m1/s1. The third kappa shape index (κ3) is 4.90. The van der Waals surface area contributed by atoms with Crippen LogP contribution in [0.1, 0.15) is 39.0 Å². The van der Waals surface area contributed by atoms with Crippen molar-refractivity contribution in [2.45, 2.75) is 51.1 Å². The van der Waals surface area contributed by atoms with Gasteiger partial charge in [-0.25, -0.2) is 4.79 Å². The maximum absolute atomic E-state index is 12.6. The lowest BCUT2D eigenvalue weighted by atomic mass is 9.96. The van der Waals surface area contributed by atoms with Crippen molar-refractivity contribution in [3.05, 3.63) is 30.3 Å². The van der Waals surface area contributed by atoms with Crippen LogP contribution in [-0.2, 0) is 4.79 Å². The molecule has 0 bridgehead atoms. The van der Waals surface area contributed by atoms with Gasteiger partial charge in [0.05, 0.1) is 0 Å². The monoisotopic (exact) mass is 358 g/mol. The number of anilines is 1. The van der Waals surface area contributed by atoms with Gasteiger partial charge < -0.3 is 20.4 Å². The molecule has 1 saturated carbocycles. The van der Waals surface area contributed by atoms with Gasteiger partial charge in [0.1, 0.15) is 6.04 Å². The van der Waals surface area contributed by atoms with Gasteiger partial charge in [-0.15, -0.1) is 0 Å². The molecule has 1 atom stereocenters. The number of urea groups is 1. The highest BCUT2D eigenvalue weighted by Crippen LogP contribution is 2.17. The van der Waals surface area contributed by atoms with Crippen molar-refractivity contribution in [3.8, 4) is 0 Å². The van der Waals surface area contributed by atoms with E-state index in [9.17, 15) is 9.59 Å². The number of benzene rings is 1. The molecule has 6 nitrogen and oxygen atoms in total. The molecule has 3 amide bonds. The number of piperazine rings is 1. The molecule has 1 aromatic carbocycles. The van der Waals surface area contributed by atoms with Crippen LogP contribution in [0.15, 0.2) is 30.3 Å². The number of hydrogen-bond acceptors (Lipinski definition) is 3. The van der Waals surface area contributed by atoms with Gasteiger partial charge in [0.2, 0.25) is 5.91 Å². The van der Waals surface area contributed by atoms with Crippen LogP contribution >= 0.6 is 0 Å². The molecule has 1 aromatic rings.